The van der Waals surface area contributed by atoms with Crippen molar-refractivity contribution in [1.82, 2.24) is 10.6 Å². The molecule has 0 spiro atoms. The molecule has 1 saturated heterocycles. The molecule has 1 aliphatic heterocycles. The Morgan fingerprint density at radius 2 is 2.05 bits per heavy atom. The first-order valence-corrected chi connectivity index (χ1v) is 6.83. The second kappa shape index (κ2) is 7.84. The van der Waals surface area contributed by atoms with Crippen molar-refractivity contribution in [1.29, 1.82) is 0 Å². The number of halogens is 2. The smallest absolute Gasteiger partial charge is 0.252 e. The number of benzene rings is 1. The van der Waals surface area contributed by atoms with Gasteiger partial charge < -0.3 is 15.4 Å². The monoisotopic (exact) mass is 318 g/mol. The van der Waals surface area contributed by atoms with Crippen LogP contribution in [-0.2, 0) is 16.1 Å². The van der Waals surface area contributed by atoms with Crippen molar-refractivity contribution >= 4 is 29.9 Å². The van der Waals surface area contributed by atoms with Crippen LogP contribution in [0.1, 0.15) is 18.4 Å². The highest BCUT2D eigenvalue weighted by atomic mass is 35.5. The minimum atomic E-state index is -0.702. The number of amides is 1. The summed E-state index contributed by atoms with van der Waals surface area (Å²) in [6, 6.07) is 7.51. The molecule has 0 aromatic heterocycles. The van der Waals surface area contributed by atoms with Crippen molar-refractivity contribution in [3.63, 3.8) is 0 Å². The first-order valence-electron chi connectivity index (χ1n) is 6.45. The SMILES string of the molecule is COC1(C(=O)NCc2ccccc2Cl)CCNCC1.Cl. The van der Waals surface area contributed by atoms with Gasteiger partial charge >= 0.3 is 0 Å². The molecule has 0 atom stereocenters. The van der Waals surface area contributed by atoms with Gasteiger partial charge in [0.2, 0.25) is 0 Å². The van der Waals surface area contributed by atoms with Gasteiger partial charge in [0.05, 0.1) is 0 Å². The van der Waals surface area contributed by atoms with E-state index in [1.165, 1.54) is 0 Å². The lowest BCUT2D eigenvalue weighted by Crippen LogP contribution is -2.53. The van der Waals surface area contributed by atoms with Gasteiger partial charge in [-0.2, -0.15) is 0 Å². The van der Waals surface area contributed by atoms with Gasteiger partial charge in [0.1, 0.15) is 5.60 Å². The Kier molecular flexibility index (Phi) is 6.76. The summed E-state index contributed by atoms with van der Waals surface area (Å²) >= 11 is 6.07. The maximum Gasteiger partial charge on any atom is 0.252 e. The van der Waals surface area contributed by atoms with Crippen molar-refractivity contribution in [2.45, 2.75) is 25.0 Å². The van der Waals surface area contributed by atoms with Gasteiger partial charge in [0.25, 0.3) is 5.91 Å². The van der Waals surface area contributed by atoms with Crippen LogP contribution in [0.5, 0.6) is 0 Å². The molecule has 1 heterocycles. The Bertz CT molecular complexity index is 449. The maximum atomic E-state index is 12.3. The van der Waals surface area contributed by atoms with Crippen molar-refractivity contribution in [3.05, 3.63) is 34.9 Å². The van der Waals surface area contributed by atoms with E-state index in [1.807, 2.05) is 24.3 Å². The van der Waals surface area contributed by atoms with Crippen LogP contribution in [0.3, 0.4) is 0 Å². The quantitative estimate of drug-likeness (QED) is 0.894. The molecule has 0 bridgehead atoms. The zero-order valence-corrected chi connectivity index (χ0v) is 13.0. The van der Waals surface area contributed by atoms with Crippen LogP contribution in [0.15, 0.2) is 24.3 Å². The number of nitrogens with one attached hydrogen (secondary N) is 2. The van der Waals surface area contributed by atoms with Gasteiger partial charge in [0.15, 0.2) is 0 Å². The second-order valence-electron chi connectivity index (χ2n) is 4.72. The fraction of sp³-hybridized carbons (Fsp3) is 0.500. The minimum absolute atomic E-state index is 0. The fourth-order valence-corrected chi connectivity index (χ4v) is 2.54. The lowest BCUT2D eigenvalue weighted by atomic mass is 9.91. The predicted octanol–water partition coefficient (Wildman–Crippen LogP) is 2.15. The molecule has 6 heteroatoms. The number of methoxy groups -OCH3 is 1. The normalized spacial score (nSPS) is 17.1. The molecule has 20 heavy (non-hydrogen) atoms. The van der Waals surface area contributed by atoms with Gasteiger partial charge in [-0.3, -0.25) is 4.79 Å². The van der Waals surface area contributed by atoms with Crippen LogP contribution in [0.4, 0.5) is 0 Å². The Balaban J connectivity index is 0.00000200. The predicted molar refractivity (Wildman–Crippen MR) is 82.4 cm³/mol. The molecule has 0 radical (unpaired) electrons. The van der Waals surface area contributed by atoms with Crippen molar-refractivity contribution in [2.75, 3.05) is 20.2 Å². The molecule has 112 valence electrons. The van der Waals surface area contributed by atoms with E-state index in [2.05, 4.69) is 10.6 Å². The van der Waals surface area contributed by atoms with Crippen molar-refractivity contribution < 1.29 is 9.53 Å². The van der Waals surface area contributed by atoms with E-state index in [0.29, 0.717) is 24.4 Å². The second-order valence-corrected chi connectivity index (χ2v) is 5.13. The summed E-state index contributed by atoms with van der Waals surface area (Å²) in [4.78, 5) is 12.3. The van der Waals surface area contributed by atoms with Crippen LogP contribution in [0, 0.1) is 0 Å². The summed E-state index contributed by atoms with van der Waals surface area (Å²) in [5, 5.41) is 6.82. The third-order valence-electron chi connectivity index (χ3n) is 3.61. The highest BCUT2D eigenvalue weighted by molar-refractivity contribution is 6.31. The number of rotatable bonds is 4. The van der Waals surface area contributed by atoms with Crippen LogP contribution in [0.25, 0.3) is 0 Å². The average molecular weight is 319 g/mol. The summed E-state index contributed by atoms with van der Waals surface area (Å²) in [6.45, 7) is 2.03. The lowest BCUT2D eigenvalue weighted by molar-refractivity contribution is -0.146. The van der Waals surface area contributed by atoms with Crippen molar-refractivity contribution in [3.8, 4) is 0 Å². The molecule has 0 aliphatic carbocycles. The zero-order chi connectivity index (χ0) is 13.7. The Hall–Kier alpha value is -0.810. The van der Waals surface area contributed by atoms with E-state index in [1.54, 1.807) is 7.11 Å². The Morgan fingerprint density at radius 3 is 2.65 bits per heavy atom. The molecular weight excluding hydrogens is 299 g/mol. The molecule has 0 unspecified atom stereocenters. The standard InChI is InChI=1S/C14H19ClN2O2.ClH/c1-19-14(6-8-16-9-7-14)13(18)17-10-11-4-2-3-5-12(11)15;/h2-5,16H,6-10H2,1H3,(H,17,18);1H. The summed E-state index contributed by atoms with van der Waals surface area (Å²) in [7, 11) is 1.60. The molecule has 1 fully saturated rings. The number of carbonyl (C=O) groups is 1. The van der Waals surface area contributed by atoms with Crippen LogP contribution in [-0.4, -0.2) is 31.7 Å². The molecule has 1 amide bonds. The first-order chi connectivity index (χ1) is 9.18. The number of hydrogen-bond donors (Lipinski definition) is 2. The molecule has 1 aromatic carbocycles. The van der Waals surface area contributed by atoms with Crippen molar-refractivity contribution in [2.24, 2.45) is 0 Å². The van der Waals surface area contributed by atoms with Crippen LogP contribution in [0.2, 0.25) is 5.02 Å². The molecule has 2 N–H and O–H groups in total. The molecule has 0 saturated carbocycles. The van der Waals surface area contributed by atoms with Gasteiger partial charge in [-0.05, 0) is 37.6 Å². The Labute approximate surface area is 130 Å². The summed E-state index contributed by atoms with van der Waals surface area (Å²) in [6.07, 6.45) is 1.38. The summed E-state index contributed by atoms with van der Waals surface area (Å²) < 4.78 is 5.47. The average Bonchev–Trinajstić information content (AvgIpc) is 2.46. The van der Waals surface area contributed by atoms with Crippen LogP contribution < -0.4 is 10.6 Å². The minimum Gasteiger partial charge on any atom is -0.368 e. The number of piperidine rings is 1. The van der Waals surface area contributed by atoms with Gasteiger partial charge in [0, 0.05) is 18.7 Å². The third kappa shape index (κ3) is 3.85. The van der Waals surface area contributed by atoms with E-state index in [-0.39, 0.29) is 18.3 Å². The molecular formula is C14H20Cl2N2O2. The largest absolute Gasteiger partial charge is 0.368 e. The molecule has 2 rings (SSSR count). The highest BCUT2D eigenvalue weighted by Crippen LogP contribution is 2.23. The third-order valence-corrected chi connectivity index (χ3v) is 3.98. The van der Waals surface area contributed by atoms with Crippen LogP contribution >= 0.6 is 24.0 Å². The molecule has 1 aromatic rings. The van der Waals surface area contributed by atoms with E-state index in [4.69, 9.17) is 16.3 Å². The van der Waals surface area contributed by atoms with E-state index in [9.17, 15) is 4.79 Å². The van der Waals surface area contributed by atoms with E-state index >= 15 is 0 Å². The van der Waals surface area contributed by atoms with Gasteiger partial charge in [-0.15, -0.1) is 12.4 Å². The maximum absolute atomic E-state index is 12.3. The summed E-state index contributed by atoms with van der Waals surface area (Å²) in [5.74, 6) is -0.0589. The van der Waals surface area contributed by atoms with E-state index < -0.39 is 5.60 Å². The lowest BCUT2D eigenvalue weighted by Gasteiger charge is -2.34. The highest BCUT2D eigenvalue weighted by Gasteiger charge is 2.39. The van der Waals surface area contributed by atoms with Gasteiger partial charge in [-0.25, -0.2) is 0 Å². The first kappa shape index (κ1) is 17.2. The molecule has 1 aliphatic rings. The molecule has 4 nitrogen and oxygen atoms in total. The van der Waals surface area contributed by atoms with Gasteiger partial charge in [-0.1, -0.05) is 29.8 Å². The Morgan fingerprint density at radius 1 is 1.40 bits per heavy atom. The van der Waals surface area contributed by atoms with E-state index in [0.717, 1.165) is 18.7 Å². The number of carbonyl (C=O) groups excluding carboxylic acids is 1. The number of hydrogen-bond acceptors (Lipinski definition) is 3. The zero-order valence-electron chi connectivity index (χ0n) is 11.4. The number of ether oxygens (including phenoxy) is 1. The fourth-order valence-electron chi connectivity index (χ4n) is 2.33. The topological polar surface area (TPSA) is 50.4 Å². The summed E-state index contributed by atoms with van der Waals surface area (Å²) in [5.41, 5.74) is 0.213.